The Hall–Kier alpha value is -5.19. The van der Waals surface area contributed by atoms with Gasteiger partial charge in [0.05, 0.1) is 28.6 Å². The van der Waals surface area contributed by atoms with Crippen molar-refractivity contribution in [3.63, 3.8) is 0 Å². The molecule has 0 aliphatic heterocycles. The Morgan fingerprint density at radius 3 is 2.47 bits per heavy atom. The minimum Gasteiger partial charge on any atom is -0.387 e. The van der Waals surface area contributed by atoms with Gasteiger partial charge in [0.25, 0.3) is 11.8 Å². The van der Waals surface area contributed by atoms with E-state index in [2.05, 4.69) is 10.3 Å². The highest BCUT2D eigenvalue weighted by molar-refractivity contribution is 7.17. The van der Waals surface area contributed by atoms with Gasteiger partial charge < -0.3 is 14.6 Å². The van der Waals surface area contributed by atoms with Gasteiger partial charge >= 0.3 is 0 Å². The molecule has 10 heteroatoms. The van der Waals surface area contributed by atoms with Gasteiger partial charge in [-0.2, -0.15) is 4.39 Å². The summed E-state index contributed by atoms with van der Waals surface area (Å²) < 4.78 is 15.4. The molecule has 0 bridgehead atoms. The second kappa shape index (κ2) is 12.0. The number of carbonyl (C=O) groups excluding carboxylic acids is 2. The minimum atomic E-state index is -0.869. The quantitative estimate of drug-likeness (QED) is 0.195. The molecule has 0 spiro atoms. The van der Waals surface area contributed by atoms with Crippen LogP contribution < -0.4 is 10.2 Å². The third kappa shape index (κ3) is 5.92. The summed E-state index contributed by atoms with van der Waals surface area (Å²) in [5.74, 6) is -0.921. The number of aliphatic hydroxyl groups excluding tert-OH is 1. The Labute approximate surface area is 250 Å². The van der Waals surface area contributed by atoms with E-state index >= 15 is 0 Å². The van der Waals surface area contributed by atoms with Gasteiger partial charge in [-0.3, -0.25) is 14.9 Å². The van der Waals surface area contributed by atoms with Gasteiger partial charge in [-0.05, 0) is 59.7 Å². The summed E-state index contributed by atoms with van der Waals surface area (Å²) in [7, 11) is 1.69. The number of amides is 2. The summed E-state index contributed by atoms with van der Waals surface area (Å²) in [6.07, 6.45) is 0.509. The van der Waals surface area contributed by atoms with Crippen LogP contribution in [-0.2, 0) is 6.54 Å². The fourth-order valence-electron chi connectivity index (χ4n) is 4.79. The first-order valence-electron chi connectivity index (χ1n) is 13.5. The van der Waals surface area contributed by atoms with E-state index in [4.69, 9.17) is 4.98 Å². The zero-order valence-electron chi connectivity index (χ0n) is 23.0. The molecule has 3 aromatic carbocycles. The Morgan fingerprint density at radius 1 is 0.977 bits per heavy atom. The SMILES string of the molecule is CN(C(=O)c1ccccc1)c1ccc2c(c1)nc(NC(=O)c1ccc(-c3ccnc(F)c3)s1)n2C[C@H](O)c1ccccc1. The molecule has 2 N–H and O–H groups in total. The Morgan fingerprint density at radius 2 is 1.72 bits per heavy atom. The second-order valence-electron chi connectivity index (χ2n) is 9.86. The van der Waals surface area contributed by atoms with Crippen molar-refractivity contribution in [2.24, 2.45) is 0 Å². The van der Waals surface area contributed by atoms with E-state index in [1.807, 2.05) is 54.6 Å². The second-order valence-corrected chi connectivity index (χ2v) is 10.9. The van der Waals surface area contributed by atoms with Gasteiger partial charge in [-0.15, -0.1) is 11.3 Å². The van der Waals surface area contributed by atoms with Crippen LogP contribution in [0.5, 0.6) is 0 Å². The number of anilines is 2. The average Bonchev–Trinajstić information content (AvgIpc) is 3.66. The molecule has 2 amide bonds. The predicted octanol–water partition coefficient (Wildman–Crippen LogP) is 6.56. The van der Waals surface area contributed by atoms with Crippen LogP contribution in [0.4, 0.5) is 16.0 Å². The number of halogens is 1. The lowest BCUT2D eigenvalue weighted by Gasteiger charge is -2.18. The van der Waals surface area contributed by atoms with Gasteiger partial charge in [0.1, 0.15) is 0 Å². The van der Waals surface area contributed by atoms with Crippen molar-refractivity contribution < 1.29 is 19.1 Å². The normalized spacial score (nSPS) is 11.8. The molecule has 0 saturated carbocycles. The van der Waals surface area contributed by atoms with Crippen molar-refractivity contribution in [1.29, 1.82) is 0 Å². The maximum atomic E-state index is 13.6. The van der Waals surface area contributed by atoms with Crippen LogP contribution in [-0.4, -0.2) is 38.5 Å². The summed E-state index contributed by atoms with van der Waals surface area (Å²) in [6, 6.07) is 30.0. The maximum Gasteiger partial charge on any atom is 0.268 e. The summed E-state index contributed by atoms with van der Waals surface area (Å²) in [6.45, 7) is 0.125. The zero-order chi connectivity index (χ0) is 29.9. The highest BCUT2D eigenvalue weighted by Crippen LogP contribution is 2.31. The Kier molecular flexibility index (Phi) is 7.78. The van der Waals surface area contributed by atoms with Gasteiger partial charge in [0.2, 0.25) is 11.9 Å². The smallest absolute Gasteiger partial charge is 0.268 e. The van der Waals surface area contributed by atoms with Crippen LogP contribution in [0.25, 0.3) is 21.5 Å². The topological polar surface area (TPSA) is 100 Å². The molecule has 6 rings (SSSR count). The number of benzene rings is 3. The number of thiophene rings is 1. The molecule has 3 heterocycles. The molecular weight excluding hydrogens is 565 g/mol. The predicted molar refractivity (Wildman–Crippen MR) is 166 cm³/mol. The molecule has 0 radical (unpaired) electrons. The van der Waals surface area contributed by atoms with Crippen molar-refractivity contribution in [2.75, 3.05) is 17.3 Å². The number of fused-ring (bicyclic) bond motifs is 1. The van der Waals surface area contributed by atoms with Crippen LogP contribution in [0.1, 0.15) is 31.7 Å². The largest absolute Gasteiger partial charge is 0.387 e. The lowest BCUT2D eigenvalue weighted by atomic mass is 10.1. The first-order valence-corrected chi connectivity index (χ1v) is 14.3. The van der Waals surface area contributed by atoms with E-state index < -0.39 is 18.0 Å². The fraction of sp³-hybridized carbons (Fsp3) is 0.0909. The molecule has 0 aliphatic rings. The summed E-state index contributed by atoms with van der Waals surface area (Å²) in [5.41, 5.74) is 3.74. The van der Waals surface area contributed by atoms with Crippen molar-refractivity contribution in [1.82, 2.24) is 14.5 Å². The summed E-state index contributed by atoms with van der Waals surface area (Å²) in [4.78, 5) is 37.4. The Balaban J connectivity index is 1.33. The number of carbonyl (C=O) groups is 2. The molecule has 214 valence electrons. The van der Waals surface area contributed by atoms with E-state index in [9.17, 15) is 19.1 Å². The van der Waals surface area contributed by atoms with E-state index in [1.54, 1.807) is 59.0 Å². The van der Waals surface area contributed by atoms with Crippen molar-refractivity contribution in [3.05, 3.63) is 131 Å². The number of pyridine rings is 1. The number of aromatic nitrogens is 3. The molecule has 0 aliphatic carbocycles. The fourth-order valence-corrected chi connectivity index (χ4v) is 5.68. The number of hydrogen-bond donors (Lipinski definition) is 2. The minimum absolute atomic E-state index is 0.125. The number of imidazole rings is 1. The van der Waals surface area contributed by atoms with Gasteiger partial charge in [-0.1, -0.05) is 48.5 Å². The van der Waals surface area contributed by atoms with Gasteiger partial charge in [0, 0.05) is 35.4 Å². The van der Waals surface area contributed by atoms with Crippen LogP contribution in [0, 0.1) is 5.95 Å². The van der Waals surface area contributed by atoms with Crippen LogP contribution >= 0.6 is 11.3 Å². The molecule has 0 fully saturated rings. The third-order valence-electron chi connectivity index (χ3n) is 7.05. The summed E-state index contributed by atoms with van der Waals surface area (Å²) in [5, 5.41) is 14.0. The van der Waals surface area contributed by atoms with Gasteiger partial charge in [-0.25, -0.2) is 9.97 Å². The van der Waals surface area contributed by atoms with Crippen LogP contribution in [0.3, 0.4) is 0 Å². The van der Waals surface area contributed by atoms with Crippen LogP contribution in [0.2, 0.25) is 0 Å². The maximum absolute atomic E-state index is 13.6. The highest BCUT2D eigenvalue weighted by Gasteiger charge is 2.21. The number of hydrogen-bond acceptors (Lipinski definition) is 6. The highest BCUT2D eigenvalue weighted by atomic mass is 32.1. The van der Waals surface area contributed by atoms with Gasteiger partial charge in [0.15, 0.2) is 0 Å². The standard InChI is InChI=1S/C33H26FN5O3S/c1-38(32(42)22-10-6-3-7-11-22)24-12-13-26-25(19-24)36-33(39(26)20-27(40)21-8-4-2-5-9-21)37-31(41)29-15-14-28(43-29)23-16-17-35-30(34)18-23/h2-19,27,40H,20H2,1H3,(H,36,37,41)/t27-/m0/s1. The average molecular weight is 592 g/mol. The molecule has 0 unspecified atom stereocenters. The molecule has 1 atom stereocenters. The number of aliphatic hydroxyl groups is 1. The molecule has 0 saturated heterocycles. The Bertz CT molecular complexity index is 1920. The third-order valence-corrected chi connectivity index (χ3v) is 8.18. The lowest BCUT2D eigenvalue weighted by Crippen LogP contribution is -2.26. The first kappa shape index (κ1) is 28.0. The van der Waals surface area contributed by atoms with E-state index in [-0.39, 0.29) is 18.4 Å². The van der Waals surface area contributed by atoms with Crippen LogP contribution in [0.15, 0.2) is 109 Å². The van der Waals surface area contributed by atoms with Crippen molar-refractivity contribution in [2.45, 2.75) is 12.6 Å². The lowest BCUT2D eigenvalue weighted by molar-refractivity contribution is 0.0991. The number of nitrogens with zero attached hydrogens (tertiary/aromatic N) is 4. The van der Waals surface area contributed by atoms with E-state index in [1.165, 1.54) is 23.6 Å². The number of rotatable bonds is 8. The molecule has 8 nitrogen and oxygen atoms in total. The van der Waals surface area contributed by atoms with Crippen molar-refractivity contribution in [3.8, 4) is 10.4 Å². The monoisotopic (exact) mass is 591 g/mol. The zero-order valence-corrected chi connectivity index (χ0v) is 23.8. The molecule has 6 aromatic rings. The molecule has 3 aromatic heterocycles. The number of nitrogens with one attached hydrogen (secondary N) is 1. The van der Waals surface area contributed by atoms with E-state index in [0.29, 0.717) is 32.7 Å². The van der Waals surface area contributed by atoms with E-state index in [0.717, 1.165) is 10.4 Å². The first-order chi connectivity index (χ1) is 20.9. The summed E-state index contributed by atoms with van der Waals surface area (Å²) >= 11 is 1.22. The molecular formula is C33H26FN5O3S. The van der Waals surface area contributed by atoms with Crippen molar-refractivity contribution >= 4 is 45.8 Å². The molecule has 43 heavy (non-hydrogen) atoms.